The van der Waals surface area contributed by atoms with Gasteiger partial charge >= 0.3 is 0 Å². The Morgan fingerprint density at radius 2 is 2.12 bits per heavy atom. The van der Waals surface area contributed by atoms with Crippen molar-refractivity contribution in [3.63, 3.8) is 0 Å². The fourth-order valence-corrected chi connectivity index (χ4v) is 2.77. The van der Waals surface area contributed by atoms with Crippen LogP contribution in [0.3, 0.4) is 0 Å². The van der Waals surface area contributed by atoms with Crippen molar-refractivity contribution in [1.82, 2.24) is 9.78 Å². The Morgan fingerprint density at radius 1 is 1.35 bits per heavy atom. The zero-order valence-electron chi connectivity index (χ0n) is 11.6. The molecule has 3 nitrogen and oxygen atoms in total. The lowest BCUT2D eigenvalue weighted by molar-refractivity contribution is 0.313. The Balaban J connectivity index is 1.98. The standard InChI is InChI=1S/C14H25N3/c1-11-13(10-17(4)16-11)15-12-6-5-8-14(2,3)9-7-12/h10,12,15H,5-9H2,1-4H3. The summed E-state index contributed by atoms with van der Waals surface area (Å²) in [7, 11) is 1.98. The van der Waals surface area contributed by atoms with Gasteiger partial charge in [0.2, 0.25) is 0 Å². The molecule has 0 spiro atoms. The number of aryl methyl sites for hydroxylation is 2. The van der Waals surface area contributed by atoms with Gasteiger partial charge < -0.3 is 5.32 Å². The van der Waals surface area contributed by atoms with E-state index in [-0.39, 0.29) is 0 Å². The number of hydrogen-bond acceptors (Lipinski definition) is 2. The Bertz CT molecular complexity index is 379. The van der Waals surface area contributed by atoms with Crippen molar-refractivity contribution < 1.29 is 0 Å². The molecule has 0 aliphatic heterocycles. The van der Waals surface area contributed by atoms with Gasteiger partial charge in [-0.3, -0.25) is 4.68 Å². The topological polar surface area (TPSA) is 29.9 Å². The minimum Gasteiger partial charge on any atom is -0.380 e. The van der Waals surface area contributed by atoms with E-state index in [0.717, 1.165) is 5.69 Å². The third-order valence-corrected chi connectivity index (χ3v) is 3.95. The van der Waals surface area contributed by atoms with E-state index in [0.29, 0.717) is 11.5 Å². The minimum atomic E-state index is 0.528. The first-order chi connectivity index (χ1) is 7.96. The summed E-state index contributed by atoms with van der Waals surface area (Å²) in [6.07, 6.45) is 8.68. The highest BCUT2D eigenvalue weighted by molar-refractivity contribution is 5.46. The molecule has 1 saturated carbocycles. The minimum absolute atomic E-state index is 0.528. The van der Waals surface area contributed by atoms with E-state index in [1.54, 1.807) is 0 Å². The molecule has 0 saturated heterocycles. The summed E-state index contributed by atoms with van der Waals surface area (Å²) in [6, 6.07) is 0.625. The number of anilines is 1. The monoisotopic (exact) mass is 235 g/mol. The van der Waals surface area contributed by atoms with Gasteiger partial charge in [0.15, 0.2) is 0 Å². The van der Waals surface area contributed by atoms with Gasteiger partial charge in [0.1, 0.15) is 0 Å². The molecule has 1 heterocycles. The van der Waals surface area contributed by atoms with Crippen LogP contribution in [0.4, 0.5) is 5.69 Å². The molecule has 17 heavy (non-hydrogen) atoms. The summed E-state index contributed by atoms with van der Waals surface area (Å²) in [5, 5.41) is 8.05. The molecule has 1 aromatic heterocycles. The summed E-state index contributed by atoms with van der Waals surface area (Å²) in [5.41, 5.74) is 2.84. The van der Waals surface area contributed by atoms with Gasteiger partial charge in [-0.2, -0.15) is 5.10 Å². The van der Waals surface area contributed by atoms with Gasteiger partial charge in [-0.1, -0.05) is 20.3 Å². The first-order valence-corrected chi connectivity index (χ1v) is 6.73. The van der Waals surface area contributed by atoms with Crippen LogP contribution in [-0.4, -0.2) is 15.8 Å². The smallest absolute Gasteiger partial charge is 0.0825 e. The van der Waals surface area contributed by atoms with E-state index in [2.05, 4.69) is 37.4 Å². The number of rotatable bonds is 2. The van der Waals surface area contributed by atoms with Crippen LogP contribution < -0.4 is 5.32 Å². The van der Waals surface area contributed by atoms with Gasteiger partial charge in [0.05, 0.1) is 11.4 Å². The van der Waals surface area contributed by atoms with Crippen LogP contribution >= 0.6 is 0 Å². The lowest BCUT2D eigenvalue weighted by Gasteiger charge is -2.22. The largest absolute Gasteiger partial charge is 0.380 e. The summed E-state index contributed by atoms with van der Waals surface area (Å²) in [4.78, 5) is 0. The van der Waals surface area contributed by atoms with Crippen molar-refractivity contribution in [2.75, 3.05) is 5.32 Å². The molecule has 96 valence electrons. The van der Waals surface area contributed by atoms with Crippen molar-refractivity contribution in [3.8, 4) is 0 Å². The zero-order chi connectivity index (χ0) is 12.5. The Kier molecular flexibility index (Phi) is 3.45. The molecule has 3 heteroatoms. The number of aromatic nitrogens is 2. The lowest BCUT2D eigenvalue weighted by atomic mass is 9.85. The number of nitrogens with zero attached hydrogens (tertiary/aromatic N) is 2. The predicted octanol–water partition coefficient (Wildman–Crippen LogP) is 3.50. The van der Waals surface area contributed by atoms with Crippen molar-refractivity contribution >= 4 is 5.69 Å². The highest BCUT2D eigenvalue weighted by atomic mass is 15.3. The van der Waals surface area contributed by atoms with Crippen LogP contribution in [0.2, 0.25) is 0 Å². The average molecular weight is 235 g/mol. The van der Waals surface area contributed by atoms with Gasteiger partial charge in [-0.25, -0.2) is 0 Å². The Hall–Kier alpha value is -0.990. The molecule has 1 unspecified atom stereocenters. The molecular weight excluding hydrogens is 210 g/mol. The van der Waals surface area contributed by atoms with Crippen molar-refractivity contribution in [3.05, 3.63) is 11.9 Å². The summed E-state index contributed by atoms with van der Waals surface area (Å²) < 4.78 is 1.89. The summed E-state index contributed by atoms with van der Waals surface area (Å²) in [6.45, 7) is 6.86. The summed E-state index contributed by atoms with van der Waals surface area (Å²) in [5.74, 6) is 0. The zero-order valence-corrected chi connectivity index (χ0v) is 11.6. The Labute approximate surface area is 105 Å². The highest BCUT2D eigenvalue weighted by Crippen LogP contribution is 2.34. The maximum Gasteiger partial charge on any atom is 0.0825 e. The molecule has 0 bridgehead atoms. The molecule has 1 aliphatic carbocycles. The van der Waals surface area contributed by atoms with E-state index in [1.165, 1.54) is 37.8 Å². The molecule has 1 aromatic rings. The maximum atomic E-state index is 4.38. The van der Waals surface area contributed by atoms with Crippen molar-refractivity contribution in [2.24, 2.45) is 12.5 Å². The fourth-order valence-electron chi connectivity index (χ4n) is 2.77. The van der Waals surface area contributed by atoms with Gasteiger partial charge in [0.25, 0.3) is 0 Å². The van der Waals surface area contributed by atoms with Crippen LogP contribution in [0.25, 0.3) is 0 Å². The van der Waals surface area contributed by atoms with Crippen LogP contribution in [0.5, 0.6) is 0 Å². The van der Waals surface area contributed by atoms with Crippen LogP contribution in [-0.2, 0) is 7.05 Å². The highest BCUT2D eigenvalue weighted by Gasteiger charge is 2.24. The molecule has 0 amide bonds. The summed E-state index contributed by atoms with van der Waals surface area (Å²) >= 11 is 0. The molecule has 0 aromatic carbocycles. The van der Waals surface area contributed by atoms with Gasteiger partial charge in [-0.15, -0.1) is 0 Å². The quantitative estimate of drug-likeness (QED) is 0.795. The van der Waals surface area contributed by atoms with Crippen molar-refractivity contribution in [2.45, 2.75) is 58.9 Å². The second kappa shape index (κ2) is 4.71. The third kappa shape index (κ3) is 3.24. The normalized spacial score (nSPS) is 24.4. The van der Waals surface area contributed by atoms with Crippen LogP contribution in [0, 0.1) is 12.3 Å². The third-order valence-electron chi connectivity index (χ3n) is 3.95. The van der Waals surface area contributed by atoms with E-state index in [4.69, 9.17) is 0 Å². The molecule has 1 aliphatic rings. The first kappa shape index (κ1) is 12.5. The van der Waals surface area contributed by atoms with E-state index in [1.807, 2.05) is 11.7 Å². The molecular formula is C14H25N3. The molecule has 1 atom stereocenters. The van der Waals surface area contributed by atoms with E-state index in [9.17, 15) is 0 Å². The predicted molar refractivity (Wildman–Crippen MR) is 72.2 cm³/mol. The van der Waals surface area contributed by atoms with E-state index < -0.39 is 0 Å². The maximum absolute atomic E-state index is 4.38. The molecule has 0 radical (unpaired) electrons. The number of nitrogens with one attached hydrogen (secondary N) is 1. The fraction of sp³-hybridized carbons (Fsp3) is 0.786. The average Bonchev–Trinajstić information content (AvgIpc) is 2.43. The molecule has 2 rings (SSSR count). The Morgan fingerprint density at radius 3 is 2.76 bits per heavy atom. The van der Waals surface area contributed by atoms with E-state index >= 15 is 0 Å². The molecule has 1 fully saturated rings. The van der Waals surface area contributed by atoms with Crippen LogP contribution in [0.1, 0.15) is 51.6 Å². The number of hydrogen-bond donors (Lipinski definition) is 1. The lowest BCUT2D eigenvalue weighted by Crippen LogP contribution is -2.19. The second-order valence-corrected chi connectivity index (χ2v) is 6.24. The molecule has 1 N–H and O–H groups in total. The SMILES string of the molecule is Cc1nn(C)cc1NC1CCCC(C)(C)CC1. The van der Waals surface area contributed by atoms with Crippen molar-refractivity contribution in [1.29, 1.82) is 0 Å². The van der Waals surface area contributed by atoms with Gasteiger partial charge in [0, 0.05) is 19.3 Å². The van der Waals surface area contributed by atoms with Gasteiger partial charge in [-0.05, 0) is 38.0 Å². The first-order valence-electron chi connectivity index (χ1n) is 6.73. The van der Waals surface area contributed by atoms with Crippen LogP contribution in [0.15, 0.2) is 6.20 Å². The second-order valence-electron chi connectivity index (χ2n) is 6.24.